The van der Waals surface area contributed by atoms with Crippen molar-refractivity contribution in [2.75, 3.05) is 7.05 Å². The second-order valence-corrected chi connectivity index (χ2v) is 5.87. The van der Waals surface area contributed by atoms with E-state index in [-0.39, 0.29) is 18.1 Å². The summed E-state index contributed by atoms with van der Waals surface area (Å²) in [6.07, 6.45) is 2.19. The molecule has 1 N–H and O–H groups in total. The van der Waals surface area contributed by atoms with Gasteiger partial charge in [-0.2, -0.15) is 20.4 Å². The quantitative estimate of drug-likeness (QED) is 0.770. The van der Waals surface area contributed by atoms with Crippen molar-refractivity contribution in [3.05, 3.63) is 47.7 Å². The average Bonchev–Trinajstić information content (AvgIpc) is 3.16. The zero-order valence-corrected chi connectivity index (χ0v) is 13.1. The number of nitrogens with one attached hydrogen (secondary N) is 1. The van der Waals surface area contributed by atoms with E-state index < -0.39 is 0 Å². The van der Waals surface area contributed by atoms with Gasteiger partial charge in [0.15, 0.2) is 11.5 Å². The standard InChI is InChI=1S/C16H16N6O2/c1-22(9-12-17-15(24-20-12)11-7-8-11)16(23)14-13(18-21-19-14)10-5-3-2-4-6-10/h2-6,11H,7-9H2,1H3,(H,18,19,21). The van der Waals surface area contributed by atoms with Gasteiger partial charge in [0.2, 0.25) is 5.89 Å². The summed E-state index contributed by atoms with van der Waals surface area (Å²) < 4.78 is 5.22. The third kappa shape index (κ3) is 2.78. The van der Waals surface area contributed by atoms with Crippen molar-refractivity contribution >= 4 is 5.91 Å². The average molecular weight is 324 g/mol. The van der Waals surface area contributed by atoms with Gasteiger partial charge >= 0.3 is 0 Å². The highest BCUT2D eigenvalue weighted by molar-refractivity contribution is 5.97. The SMILES string of the molecule is CN(Cc1noc(C2CC2)n1)C(=O)c1n[nH]nc1-c1ccccc1. The van der Waals surface area contributed by atoms with Crippen LogP contribution in [-0.4, -0.2) is 43.4 Å². The van der Waals surface area contributed by atoms with Crippen LogP contribution in [0.2, 0.25) is 0 Å². The Morgan fingerprint density at radius 1 is 1.29 bits per heavy atom. The van der Waals surface area contributed by atoms with Crippen molar-refractivity contribution in [3.8, 4) is 11.3 Å². The summed E-state index contributed by atoms with van der Waals surface area (Å²) in [5, 5.41) is 14.6. The Labute approximate surface area is 137 Å². The minimum absolute atomic E-state index is 0.250. The van der Waals surface area contributed by atoms with Gasteiger partial charge in [-0.05, 0) is 12.8 Å². The van der Waals surface area contributed by atoms with Crippen molar-refractivity contribution in [1.29, 1.82) is 0 Å². The molecule has 1 aliphatic carbocycles. The van der Waals surface area contributed by atoms with E-state index in [2.05, 4.69) is 25.6 Å². The molecule has 1 aromatic carbocycles. The minimum atomic E-state index is -0.250. The number of aromatic amines is 1. The first-order valence-electron chi connectivity index (χ1n) is 7.76. The molecular weight excluding hydrogens is 308 g/mol. The van der Waals surface area contributed by atoms with Crippen molar-refractivity contribution in [1.82, 2.24) is 30.5 Å². The van der Waals surface area contributed by atoms with Gasteiger partial charge in [-0.1, -0.05) is 35.5 Å². The van der Waals surface area contributed by atoms with Gasteiger partial charge in [-0.15, -0.1) is 0 Å². The smallest absolute Gasteiger partial charge is 0.276 e. The molecule has 24 heavy (non-hydrogen) atoms. The highest BCUT2D eigenvalue weighted by Gasteiger charge is 2.30. The zero-order chi connectivity index (χ0) is 16.5. The molecule has 1 fully saturated rings. The zero-order valence-electron chi connectivity index (χ0n) is 13.1. The predicted octanol–water partition coefficient (Wildman–Crippen LogP) is 2.00. The number of benzene rings is 1. The second-order valence-electron chi connectivity index (χ2n) is 5.87. The maximum atomic E-state index is 12.7. The number of carbonyl (C=O) groups is 1. The van der Waals surface area contributed by atoms with Crippen LogP contribution in [0, 0.1) is 0 Å². The van der Waals surface area contributed by atoms with Crippen LogP contribution in [0.5, 0.6) is 0 Å². The molecule has 2 aromatic heterocycles. The molecule has 0 saturated heterocycles. The van der Waals surface area contributed by atoms with Crippen molar-refractivity contribution in [2.45, 2.75) is 25.3 Å². The van der Waals surface area contributed by atoms with Crippen LogP contribution in [-0.2, 0) is 6.54 Å². The molecule has 1 saturated carbocycles. The van der Waals surface area contributed by atoms with Crippen molar-refractivity contribution in [3.63, 3.8) is 0 Å². The van der Waals surface area contributed by atoms with E-state index in [0.29, 0.717) is 23.3 Å². The summed E-state index contributed by atoms with van der Waals surface area (Å²) in [6, 6.07) is 9.46. The van der Waals surface area contributed by atoms with Gasteiger partial charge in [-0.25, -0.2) is 0 Å². The molecular formula is C16H16N6O2. The molecule has 0 atom stereocenters. The lowest BCUT2D eigenvalue weighted by Crippen LogP contribution is -2.27. The minimum Gasteiger partial charge on any atom is -0.339 e. The maximum absolute atomic E-state index is 12.7. The van der Waals surface area contributed by atoms with Crippen molar-refractivity contribution < 1.29 is 9.32 Å². The Balaban J connectivity index is 1.51. The highest BCUT2D eigenvalue weighted by atomic mass is 16.5. The van der Waals surface area contributed by atoms with E-state index in [0.717, 1.165) is 18.4 Å². The normalized spacial score (nSPS) is 13.9. The Morgan fingerprint density at radius 2 is 2.08 bits per heavy atom. The van der Waals surface area contributed by atoms with Gasteiger partial charge in [0, 0.05) is 18.5 Å². The number of aromatic nitrogens is 5. The number of rotatable bonds is 5. The lowest BCUT2D eigenvalue weighted by molar-refractivity contribution is 0.0775. The first kappa shape index (κ1) is 14.6. The molecule has 2 heterocycles. The molecule has 0 bridgehead atoms. The molecule has 0 unspecified atom stereocenters. The second kappa shape index (κ2) is 5.88. The molecule has 8 nitrogen and oxygen atoms in total. The van der Waals surface area contributed by atoms with Gasteiger partial charge in [0.05, 0.1) is 6.54 Å². The van der Waals surface area contributed by atoms with Crippen LogP contribution in [0.3, 0.4) is 0 Å². The van der Waals surface area contributed by atoms with Crippen molar-refractivity contribution in [2.24, 2.45) is 0 Å². The largest absolute Gasteiger partial charge is 0.339 e. The summed E-state index contributed by atoms with van der Waals surface area (Å²) in [6.45, 7) is 0.260. The summed E-state index contributed by atoms with van der Waals surface area (Å²) in [4.78, 5) is 18.5. The third-order valence-corrected chi connectivity index (χ3v) is 3.93. The fraction of sp³-hybridized carbons (Fsp3) is 0.312. The predicted molar refractivity (Wildman–Crippen MR) is 83.9 cm³/mol. The highest BCUT2D eigenvalue weighted by Crippen LogP contribution is 2.38. The molecule has 4 rings (SSSR count). The van der Waals surface area contributed by atoms with E-state index in [1.807, 2.05) is 30.3 Å². The molecule has 1 amide bonds. The van der Waals surface area contributed by atoms with Crippen LogP contribution in [0.4, 0.5) is 0 Å². The summed E-state index contributed by atoms with van der Waals surface area (Å²) >= 11 is 0. The maximum Gasteiger partial charge on any atom is 0.276 e. The summed E-state index contributed by atoms with van der Waals surface area (Å²) in [5.41, 5.74) is 1.63. The van der Waals surface area contributed by atoms with Gasteiger partial charge in [-0.3, -0.25) is 4.79 Å². The topological polar surface area (TPSA) is 101 Å². The summed E-state index contributed by atoms with van der Waals surface area (Å²) in [5.74, 6) is 1.31. The molecule has 0 radical (unpaired) electrons. The monoisotopic (exact) mass is 324 g/mol. The number of nitrogens with zero attached hydrogens (tertiary/aromatic N) is 5. The first-order chi connectivity index (χ1) is 11.7. The molecule has 0 spiro atoms. The lowest BCUT2D eigenvalue weighted by atomic mass is 10.1. The van der Waals surface area contributed by atoms with Gasteiger partial charge < -0.3 is 9.42 Å². The third-order valence-electron chi connectivity index (χ3n) is 3.93. The van der Waals surface area contributed by atoms with Crippen LogP contribution < -0.4 is 0 Å². The Bertz CT molecular complexity index is 852. The van der Waals surface area contributed by atoms with E-state index >= 15 is 0 Å². The number of H-pyrrole nitrogens is 1. The number of amides is 1. The fourth-order valence-electron chi connectivity index (χ4n) is 2.47. The molecule has 3 aromatic rings. The van der Waals surface area contributed by atoms with E-state index in [1.165, 1.54) is 4.90 Å². The van der Waals surface area contributed by atoms with E-state index in [4.69, 9.17) is 4.52 Å². The van der Waals surface area contributed by atoms with Crippen LogP contribution >= 0.6 is 0 Å². The Kier molecular flexibility index (Phi) is 3.56. The van der Waals surface area contributed by atoms with Gasteiger partial charge in [0.25, 0.3) is 5.91 Å². The fourth-order valence-corrected chi connectivity index (χ4v) is 2.47. The molecule has 122 valence electrons. The molecule has 0 aliphatic heterocycles. The number of carbonyl (C=O) groups excluding carboxylic acids is 1. The Morgan fingerprint density at radius 3 is 2.83 bits per heavy atom. The molecule has 1 aliphatic rings. The Hall–Kier alpha value is -3.03. The summed E-state index contributed by atoms with van der Waals surface area (Å²) in [7, 11) is 1.68. The first-order valence-corrected chi connectivity index (χ1v) is 7.76. The van der Waals surface area contributed by atoms with Crippen LogP contribution in [0.25, 0.3) is 11.3 Å². The van der Waals surface area contributed by atoms with E-state index in [1.54, 1.807) is 7.05 Å². The van der Waals surface area contributed by atoms with Crippen LogP contribution in [0.1, 0.15) is 41.0 Å². The molecule has 8 heteroatoms. The number of hydrogen-bond donors (Lipinski definition) is 1. The lowest BCUT2D eigenvalue weighted by Gasteiger charge is -2.13. The number of hydrogen-bond acceptors (Lipinski definition) is 6. The van der Waals surface area contributed by atoms with E-state index in [9.17, 15) is 4.79 Å². The van der Waals surface area contributed by atoms with Crippen LogP contribution in [0.15, 0.2) is 34.9 Å². The van der Waals surface area contributed by atoms with Gasteiger partial charge in [0.1, 0.15) is 5.69 Å².